The van der Waals surface area contributed by atoms with Crippen molar-refractivity contribution >= 4 is 22.8 Å². The van der Waals surface area contributed by atoms with E-state index in [2.05, 4.69) is 15.0 Å². The minimum absolute atomic E-state index is 0.589. The van der Waals surface area contributed by atoms with Crippen molar-refractivity contribution in [3.05, 3.63) is 40.9 Å². The van der Waals surface area contributed by atoms with Crippen LogP contribution in [-0.4, -0.2) is 21.6 Å². The molecule has 0 bridgehead atoms. The van der Waals surface area contributed by atoms with E-state index in [1.807, 2.05) is 44.2 Å². The van der Waals surface area contributed by atoms with Gasteiger partial charge in [-0.25, -0.2) is 4.98 Å². The highest BCUT2D eigenvalue weighted by Gasteiger charge is 2.10. The van der Waals surface area contributed by atoms with E-state index in [0.717, 1.165) is 27.5 Å². The number of hydrogen-bond acceptors (Lipinski definition) is 3. The molecule has 1 N–H and O–H groups in total. The lowest BCUT2D eigenvalue weighted by Gasteiger charge is -2.02. The van der Waals surface area contributed by atoms with Crippen molar-refractivity contribution in [2.75, 3.05) is 6.61 Å². The van der Waals surface area contributed by atoms with E-state index >= 15 is 0 Å². The number of rotatable bonds is 3. The average molecular weight is 288 g/mol. The highest BCUT2D eigenvalue weighted by molar-refractivity contribution is 6.30. The van der Waals surface area contributed by atoms with Crippen LogP contribution in [0.3, 0.4) is 0 Å². The number of pyridine rings is 1. The van der Waals surface area contributed by atoms with Crippen molar-refractivity contribution in [1.29, 1.82) is 0 Å². The van der Waals surface area contributed by atoms with Gasteiger partial charge in [-0.05, 0) is 43.7 Å². The van der Waals surface area contributed by atoms with Gasteiger partial charge >= 0.3 is 0 Å². The van der Waals surface area contributed by atoms with Crippen molar-refractivity contribution in [3.63, 3.8) is 0 Å². The third kappa shape index (κ3) is 2.34. The van der Waals surface area contributed by atoms with Gasteiger partial charge in [0.2, 0.25) is 5.88 Å². The number of benzene rings is 1. The van der Waals surface area contributed by atoms with Crippen LogP contribution < -0.4 is 4.74 Å². The molecule has 0 radical (unpaired) electrons. The van der Waals surface area contributed by atoms with Crippen LogP contribution in [0.5, 0.6) is 5.88 Å². The fourth-order valence-electron chi connectivity index (χ4n) is 2.12. The molecule has 0 aliphatic carbocycles. The molecule has 0 aliphatic rings. The molecule has 2 heterocycles. The van der Waals surface area contributed by atoms with E-state index in [-0.39, 0.29) is 0 Å². The molecule has 3 aromatic rings. The molecule has 0 aliphatic heterocycles. The van der Waals surface area contributed by atoms with Gasteiger partial charge in [0.15, 0.2) is 5.65 Å². The Morgan fingerprint density at radius 1 is 1.20 bits per heavy atom. The summed E-state index contributed by atoms with van der Waals surface area (Å²) in [6.45, 7) is 4.53. The topological polar surface area (TPSA) is 50.8 Å². The molecule has 0 saturated heterocycles. The first-order chi connectivity index (χ1) is 9.67. The standard InChI is InChI=1S/C15H14ClN3O/c1-3-20-13-7-6-12-15(18-13)19-14(17-12)11-5-4-10(16)8-9(11)2/h4-8H,3H2,1-2H3,(H,17,18,19). The van der Waals surface area contributed by atoms with E-state index in [1.165, 1.54) is 0 Å². The Morgan fingerprint density at radius 3 is 2.80 bits per heavy atom. The fourth-order valence-corrected chi connectivity index (χ4v) is 2.35. The predicted octanol–water partition coefficient (Wildman–Crippen LogP) is 3.99. The molecule has 0 spiro atoms. The summed E-state index contributed by atoms with van der Waals surface area (Å²) in [7, 11) is 0. The molecule has 102 valence electrons. The van der Waals surface area contributed by atoms with Gasteiger partial charge in [0.1, 0.15) is 5.82 Å². The molecule has 3 rings (SSSR count). The molecular formula is C15H14ClN3O. The molecule has 1 aromatic carbocycles. The second-order valence-corrected chi connectivity index (χ2v) is 4.93. The molecule has 0 fully saturated rings. The van der Waals surface area contributed by atoms with Crippen molar-refractivity contribution in [2.45, 2.75) is 13.8 Å². The van der Waals surface area contributed by atoms with Gasteiger partial charge in [-0.3, -0.25) is 0 Å². The number of nitrogens with one attached hydrogen (secondary N) is 1. The van der Waals surface area contributed by atoms with Crippen LogP contribution in [0.4, 0.5) is 0 Å². The van der Waals surface area contributed by atoms with Crippen LogP contribution in [0.1, 0.15) is 12.5 Å². The third-order valence-corrected chi connectivity index (χ3v) is 3.29. The fraction of sp³-hybridized carbons (Fsp3) is 0.200. The maximum absolute atomic E-state index is 5.98. The van der Waals surface area contributed by atoms with Gasteiger partial charge in [-0.15, -0.1) is 0 Å². The van der Waals surface area contributed by atoms with Crippen molar-refractivity contribution in [1.82, 2.24) is 15.0 Å². The number of fused-ring (bicyclic) bond motifs is 1. The van der Waals surface area contributed by atoms with Crippen LogP contribution in [-0.2, 0) is 0 Å². The van der Waals surface area contributed by atoms with E-state index in [0.29, 0.717) is 18.1 Å². The summed E-state index contributed by atoms with van der Waals surface area (Å²) in [5.74, 6) is 1.38. The van der Waals surface area contributed by atoms with Crippen molar-refractivity contribution in [3.8, 4) is 17.3 Å². The Bertz CT molecular complexity index is 767. The molecule has 0 amide bonds. The lowest BCUT2D eigenvalue weighted by Crippen LogP contribution is -1.93. The number of ether oxygens (including phenoxy) is 1. The second kappa shape index (κ2) is 5.13. The van der Waals surface area contributed by atoms with E-state index in [1.54, 1.807) is 0 Å². The summed E-state index contributed by atoms with van der Waals surface area (Å²) in [5, 5.41) is 0.721. The molecule has 2 aromatic heterocycles. The summed E-state index contributed by atoms with van der Waals surface area (Å²) >= 11 is 5.98. The first-order valence-corrected chi connectivity index (χ1v) is 6.81. The molecule has 0 atom stereocenters. The van der Waals surface area contributed by atoms with Gasteiger partial charge in [-0.1, -0.05) is 11.6 Å². The lowest BCUT2D eigenvalue weighted by atomic mass is 10.1. The maximum Gasteiger partial charge on any atom is 0.215 e. The normalized spacial score (nSPS) is 10.9. The van der Waals surface area contributed by atoms with E-state index in [4.69, 9.17) is 16.3 Å². The van der Waals surface area contributed by atoms with Gasteiger partial charge < -0.3 is 9.72 Å². The monoisotopic (exact) mass is 287 g/mol. The average Bonchev–Trinajstić information content (AvgIpc) is 2.81. The van der Waals surface area contributed by atoms with Crippen molar-refractivity contribution < 1.29 is 4.74 Å². The summed E-state index contributed by atoms with van der Waals surface area (Å²) in [4.78, 5) is 12.2. The molecule has 0 saturated carbocycles. The van der Waals surface area contributed by atoms with Gasteiger partial charge in [-0.2, -0.15) is 4.98 Å². The van der Waals surface area contributed by atoms with Crippen LogP contribution in [0.15, 0.2) is 30.3 Å². The van der Waals surface area contributed by atoms with Crippen molar-refractivity contribution in [2.24, 2.45) is 0 Å². The zero-order valence-corrected chi connectivity index (χ0v) is 12.0. The highest BCUT2D eigenvalue weighted by atomic mass is 35.5. The summed E-state index contributed by atoms with van der Waals surface area (Å²) in [6.07, 6.45) is 0. The summed E-state index contributed by atoms with van der Waals surface area (Å²) in [5.41, 5.74) is 3.63. The van der Waals surface area contributed by atoms with E-state index in [9.17, 15) is 0 Å². The number of aryl methyl sites for hydroxylation is 1. The molecular weight excluding hydrogens is 274 g/mol. The zero-order valence-electron chi connectivity index (χ0n) is 11.3. The number of H-pyrrole nitrogens is 1. The Hall–Kier alpha value is -2.07. The Balaban J connectivity index is 2.08. The van der Waals surface area contributed by atoms with Gasteiger partial charge in [0.05, 0.1) is 12.1 Å². The Kier molecular flexibility index (Phi) is 3.32. The highest BCUT2D eigenvalue weighted by Crippen LogP contribution is 2.26. The Morgan fingerprint density at radius 2 is 2.05 bits per heavy atom. The quantitative estimate of drug-likeness (QED) is 0.792. The number of aromatic amines is 1. The van der Waals surface area contributed by atoms with Crippen LogP contribution in [0.25, 0.3) is 22.6 Å². The first-order valence-electron chi connectivity index (χ1n) is 6.43. The number of aromatic nitrogens is 3. The summed E-state index contributed by atoms with van der Waals surface area (Å²) < 4.78 is 5.39. The largest absolute Gasteiger partial charge is 0.478 e. The smallest absolute Gasteiger partial charge is 0.215 e. The predicted molar refractivity (Wildman–Crippen MR) is 80.2 cm³/mol. The minimum atomic E-state index is 0.589. The molecule has 20 heavy (non-hydrogen) atoms. The van der Waals surface area contributed by atoms with Gasteiger partial charge in [0.25, 0.3) is 0 Å². The minimum Gasteiger partial charge on any atom is -0.478 e. The number of nitrogens with zero attached hydrogens (tertiary/aromatic N) is 2. The van der Waals surface area contributed by atoms with Gasteiger partial charge in [0, 0.05) is 16.7 Å². The zero-order chi connectivity index (χ0) is 14.1. The lowest BCUT2D eigenvalue weighted by molar-refractivity contribution is 0.328. The van der Waals surface area contributed by atoms with Crippen LogP contribution in [0.2, 0.25) is 5.02 Å². The summed E-state index contributed by atoms with van der Waals surface area (Å²) in [6, 6.07) is 9.50. The van der Waals surface area contributed by atoms with Crippen LogP contribution >= 0.6 is 11.6 Å². The third-order valence-electron chi connectivity index (χ3n) is 3.06. The number of hydrogen-bond donors (Lipinski definition) is 1. The SMILES string of the molecule is CCOc1ccc2[nH]c(-c3ccc(Cl)cc3C)nc2n1. The van der Waals surface area contributed by atoms with E-state index < -0.39 is 0 Å². The molecule has 5 heteroatoms. The molecule has 0 unspecified atom stereocenters. The maximum atomic E-state index is 5.98. The Labute approximate surface area is 121 Å². The van der Waals surface area contributed by atoms with Crippen LogP contribution in [0, 0.1) is 6.92 Å². The second-order valence-electron chi connectivity index (χ2n) is 4.50. The number of imidazole rings is 1. The molecule has 4 nitrogen and oxygen atoms in total. The number of halogens is 1. The first kappa shape index (κ1) is 12.9.